The first-order valence-electron chi connectivity index (χ1n) is 3.40. The van der Waals surface area contributed by atoms with Crippen molar-refractivity contribution in [2.24, 2.45) is 11.1 Å². The molecule has 0 amide bonds. The molecule has 0 aliphatic heterocycles. The highest BCUT2D eigenvalue weighted by Crippen LogP contribution is 2.26. The normalized spacial score (nSPS) is 15.9. The van der Waals surface area contributed by atoms with Crippen molar-refractivity contribution in [1.82, 2.24) is 0 Å². The standard InChI is InChI=1S/C7H15F2N/c1-5(10)7(2,3)4-6(8)9/h5-6H,4,10H2,1-3H3. The van der Waals surface area contributed by atoms with E-state index in [0.717, 1.165) is 0 Å². The molecule has 1 unspecified atom stereocenters. The van der Waals surface area contributed by atoms with E-state index in [4.69, 9.17) is 5.73 Å². The molecule has 0 fully saturated rings. The lowest BCUT2D eigenvalue weighted by atomic mass is 9.83. The molecule has 0 radical (unpaired) electrons. The van der Waals surface area contributed by atoms with E-state index in [1.807, 2.05) is 0 Å². The van der Waals surface area contributed by atoms with E-state index in [1.54, 1.807) is 20.8 Å². The van der Waals surface area contributed by atoms with E-state index in [2.05, 4.69) is 0 Å². The topological polar surface area (TPSA) is 26.0 Å². The van der Waals surface area contributed by atoms with Gasteiger partial charge in [-0.15, -0.1) is 0 Å². The lowest BCUT2D eigenvalue weighted by molar-refractivity contribution is 0.0780. The Morgan fingerprint density at radius 3 is 1.90 bits per heavy atom. The molecule has 0 aromatic heterocycles. The second-order valence-corrected chi connectivity index (χ2v) is 3.37. The van der Waals surface area contributed by atoms with Gasteiger partial charge in [0.05, 0.1) is 0 Å². The molecule has 0 saturated heterocycles. The molecule has 0 aliphatic carbocycles. The third kappa shape index (κ3) is 3.11. The van der Waals surface area contributed by atoms with Gasteiger partial charge < -0.3 is 5.73 Å². The molecule has 0 aromatic rings. The van der Waals surface area contributed by atoms with Gasteiger partial charge in [-0.05, 0) is 12.3 Å². The fraction of sp³-hybridized carbons (Fsp3) is 1.00. The number of hydrogen-bond donors (Lipinski definition) is 1. The first-order valence-corrected chi connectivity index (χ1v) is 3.40. The molecule has 10 heavy (non-hydrogen) atoms. The lowest BCUT2D eigenvalue weighted by Gasteiger charge is -2.28. The Morgan fingerprint density at radius 1 is 1.40 bits per heavy atom. The Bertz CT molecular complexity index is 99.8. The zero-order chi connectivity index (χ0) is 8.36. The SMILES string of the molecule is CC(N)C(C)(C)CC(F)F. The molecule has 0 spiro atoms. The Hall–Kier alpha value is -0.180. The number of halogens is 2. The molecular weight excluding hydrogens is 136 g/mol. The summed E-state index contributed by atoms with van der Waals surface area (Å²) >= 11 is 0. The summed E-state index contributed by atoms with van der Waals surface area (Å²) in [7, 11) is 0. The van der Waals surface area contributed by atoms with Crippen molar-refractivity contribution < 1.29 is 8.78 Å². The molecule has 3 heteroatoms. The molecule has 0 saturated carbocycles. The molecule has 0 rings (SSSR count). The molecule has 0 heterocycles. The highest BCUT2D eigenvalue weighted by atomic mass is 19.3. The summed E-state index contributed by atoms with van der Waals surface area (Å²) in [5.41, 5.74) is 5.03. The molecule has 0 bridgehead atoms. The van der Waals surface area contributed by atoms with E-state index in [-0.39, 0.29) is 12.5 Å². The number of alkyl halides is 2. The van der Waals surface area contributed by atoms with Gasteiger partial charge in [0.25, 0.3) is 0 Å². The lowest BCUT2D eigenvalue weighted by Crippen LogP contribution is -2.35. The zero-order valence-electron chi connectivity index (χ0n) is 6.70. The molecular formula is C7H15F2N. The second-order valence-electron chi connectivity index (χ2n) is 3.37. The highest BCUT2D eigenvalue weighted by Gasteiger charge is 2.26. The van der Waals surface area contributed by atoms with Crippen LogP contribution in [-0.2, 0) is 0 Å². The molecule has 0 aromatic carbocycles. The minimum atomic E-state index is -2.25. The van der Waals surface area contributed by atoms with Gasteiger partial charge in [-0.1, -0.05) is 13.8 Å². The highest BCUT2D eigenvalue weighted by molar-refractivity contribution is 4.78. The van der Waals surface area contributed by atoms with Crippen LogP contribution in [0.2, 0.25) is 0 Å². The van der Waals surface area contributed by atoms with E-state index in [0.29, 0.717) is 0 Å². The third-order valence-electron chi connectivity index (χ3n) is 1.91. The summed E-state index contributed by atoms with van der Waals surface area (Å²) < 4.78 is 23.7. The fourth-order valence-corrected chi connectivity index (χ4v) is 0.584. The molecule has 2 N–H and O–H groups in total. The Balaban J connectivity index is 3.87. The van der Waals surface area contributed by atoms with Gasteiger partial charge >= 0.3 is 0 Å². The summed E-state index contributed by atoms with van der Waals surface area (Å²) in [6, 6.07) is -0.179. The predicted octanol–water partition coefficient (Wildman–Crippen LogP) is 2.02. The van der Waals surface area contributed by atoms with Gasteiger partial charge in [0.2, 0.25) is 6.43 Å². The summed E-state index contributed by atoms with van der Waals surface area (Å²) in [6.07, 6.45) is -2.37. The van der Waals surface area contributed by atoms with E-state index in [9.17, 15) is 8.78 Å². The molecule has 62 valence electrons. The van der Waals surface area contributed by atoms with Crippen LogP contribution in [0.1, 0.15) is 27.2 Å². The average Bonchev–Trinajstić information content (AvgIpc) is 1.60. The molecule has 0 aliphatic rings. The van der Waals surface area contributed by atoms with E-state index >= 15 is 0 Å². The van der Waals surface area contributed by atoms with Crippen molar-refractivity contribution >= 4 is 0 Å². The predicted molar refractivity (Wildman–Crippen MR) is 38.1 cm³/mol. The van der Waals surface area contributed by atoms with Crippen LogP contribution in [0.3, 0.4) is 0 Å². The Kier molecular flexibility index (Phi) is 3.22. The minimum absolute atomic E-state index is 0.120. The first-order chi connectivity index (χ1) is 4.36. The van der Waals surface area contributed by atoms with Crippen molar-refractivity contribution in [1.29, 1.82) is 0 Å². The average molecular weight is 151 g/mol. The van der Waals surface area contributed by atoms with Crippen LogP contribution in [0.5, 0.6) is 0 Å². The second kappa shape index (κ2) is 3.28. The Labute approximate surface area is 60.6 Å². The quantitative estimate of drug-likeness (QED) is 0.656. The van der Waals surface area contributed by atoms with Crippen LogP contribution in [0.4, 0.5) is 8.78 Å². The maximum atomic E-state index is 11.8. The maximum Gasteiger partial charge on any atom is 0.239 e. The zero-order valence-corrected chi connectivity index (χ0v) is 6.70. The summed E-state index contributed by atoms with van der Waals surface area (Å²) in [5, 5.41) is 0. The summed E-state index contributed by atoms with van der Waals surface area (Å²) in [5.74, 6) is 0. The van der Waals surface area contributed by atoms with Gasteiger partial charge in [-0.25, -0.2) is 8.78 Å². The Morgan fingerprint density at radius 2 is 1.80 bits per heavy atom. The van der Waals surface area contributed by atoms with Crippen molar-refractivity contribution in [3.8, 4) is 0 Å². The van der Waals surface area contributed by atoms with Gasteiger partial charge in [0.15, 0.2) is 0 Å². The largest absolute Gasteiger partial charge is 0.327 e. The fourth-order valence-electron chi connectivity index (χ4n) is 0.584. The molecule has 1 atom stereocenters. The van der Waals surface area contributed by atoms with Crippen molar-refractivity contribution in [3.63, 3.8) is 0 Å². The minimum Gasteiger partial charge on any atom is -0.327 e. The van der Waals surface area contributed by atoms with Crippen molar-refractivity contribution in [3.05, 3.63) is 0 Å². The van der Waals surface area contributed by atoms with Crippen LogP contribution >= 0.6 is 0 Å². The van der Waals surface area contributed by atoms with Crippen LogP contribution in [0.25, 0.3) is 0 Å². The van der Waals surface area contributed by atoms with Crippen LogP contribution in [0.15, 0.2) is 0 Å². The monoisotopic (exact) mass is 151 g/mol. The smallest absolute Gasteiger partial charge is 0.239 e. The van der Waals surface area contributed by atoms with Crippen molar-refractivity contribution in [2.45, 2.75) is 39.7 Å². The summed E-state index contributed by atoms with van der Waals surface area (Å²) in [4.78, 5) is 0. The number of hydrogen-bond acceptors (Lipinski definition) is 1. The van der Waals surface area contributed by atoms with Crippen LogP contribution < -0.4 is 5.73 Å². The maximum absolute atomic E-state index is 11.8. The third-order valence-corrected chi connectivity index (χ3v) is 1.91. The van der Waals surface area contributed by atoms with Crippen LogP contribution in [-0.4, -0.2) is 12.5 Å². The van der Waals surface area contributed by atoms with Gasteiger partial charge in [0, 0.05) is 12.5 Å². The molecule has 1 nitrogen and oxygen atoms in total. The van der Waals surface area contributed by atoms with Crippen molar-refractivity contribution in [2.75, 3.05) is 0 Å². The number of rotatable bonds is 3. The van der Waals surface area contributed by atoms with Crippen LogP contribution in [0, 0.1) is 5.41 Å². The van der Waals surface area contributed by atoms with E-state index < -0.39 is 11.8 Å². The first kappa shape index (κ1) is 9.82. The van der Waals surface area contributed by atoms with Gasteiger partial charge in [-0.2, -0.15) is 0 Å². The summed E-state index contributed by atoms with van der Waals surface area (Å²) in [6.45, 7) is 5.26. The van der Waals surface area contributed by atoms with Gasteiger partial charge in [-0.3, -0.25) is 0 Å². The van der Waals surface area contributed by atoms with E-state index in [1.165, 1.54) is 0 Å². The van der Waals surface area contributed by atoms with Gasteiger partial charge in [0.1, 0.15) is 0 Å². The number of nitrogens with two attached hydrogens (primary N) is 1.